The molecule has 0 radical (unpaired) electrons. The fraction of sp³-hybridized carbons (Fsp3) is 0.143. The SMILES string of the molecule is COc1c(Cl)ccc(B(O)O)c1F.COc1c(F)cccc1Cl. The highest BCUT2D eigenvalue weighted by atomic mass is 35.5. The van der Waals surface area contributed by atoms with Gasteiger partial charge in [-0.2, -0.15) is 0 Å². The van der Waals surface area contributed by atoms with Crippen molar-refractivity contribution in [3.63, 3.8) is 0 Å². The normalized spacial score (nSPS) is 9.74. The molecule has 0 unspecified atom stereocenters. The van der Waals surface area contributed by atoms with Crippen molar-refractivity contribution in [3.8, 4) is 11.5 Å². The van der Waals surface area contributed by atoms with Crippen LogP contribution in [0.4, 0.5) is 8.78 Å². The first-order chi connectivity index (χ1) is 10.8. The van der Waals surface area contributed by atoms with Gasteiger partial charge in [-0.15, -0.1) is 0 Å². The molecule has 0 bridgehead atoms. The van der Waals surface area contributed by atoms with Gasteiger partial charge in [0.05, 0.1) is 24.3 Å². The number of para-hydroxylation sites is 1. The highest BCUT2D eigenvalue weighted by Gasteiger charge is 2.21. The summed E-state index contributed by atoms with van der Waals surface area (Å²) in [6, 6.07) is 6.91. The van der Waals surface area contributed by atoms with Gasteiger partial charge < -0.3 is 19.5 Å². The van der Waals surface area contributed by atoms with Crippen LogP contribution in [-0.4, -0.2) is 31.4 Å². The van der Waals surface area contributed by atoms with Crippen molar-refractivity contribution < 1.29 is 28.3 Å². The first-order valence-corrected chi connectivity index (χ1v) is 6.95. The predicted molar refractivity (Wildman–Crippen MR) is 85.7 cm³/mol. The topological polar surface area (TPSA) is 58.9 Å². The Morgan fingerprint density at radius 1 is 0.913 bits per heavy atom. The zero-order valence-electron chi connectivity index (χ0n) is 12.2. The summed E-state index contributed by atoms with van der Waals surface area (Å²) in [5, 5.41) is 17.8. The molecule has 0 spiro atoms. The summed E-state index contributed by atoms with van der Waals surface area (Å²) < 4.78 is 35.2. The van der Waals surface area contributed by atoms with Crippen LogP contribution < -0.4 is 14.9 Å². The van der Waals surface area contributed by atoms with E-state index in [-0.39, 0.29) is 22.0 Å². The van der Waals surface area contributed by atoms with E-state index >= 15 is 0 Å². The van der Waals surface area contributed by atoms with Crippen molar-refractivity contribution >= 4 is 35.8 Å². The van der Waals surface area contributed by atoms with E-state index in [1.165, 1.54) is 38.5 Å². The Morgan fingerprint density at radius 2 is 1.48 bits per heavy atom. The Balaban J connectivity index is 0.000000238. The molecule has 2 N–H and O–H groups in total. The average molecular weight is 365 g/mol. The van der Waals surface area contributed by atoms with Crippen LogP contribution in [0.3, 0.4) is 0 Å². The minimum atomic E-state index is -1.87. The lowest BCUT2D eigenvalue weighted by Crippen LogP contribution is -2.32. The molecule has 2 rings (SSSR count). The first-order valence-electron chi connectivity index (χ1n) is 6.19. The van der Waals surface area contributed by atoms with Crippen LogP contribution in [-0.2, 0) is 0 Å². The van der Waals surface area contributed by atoms with Gasteiger partial charge in [0.15, 0.2) is 23.1 Å². The van der Waals surface area contributed by atoms with Gasteiger partial charge in [0.25, 0.3) is 0 Å². The molecule has 2 aromatic carbocycles. The molecule has 0 amide bonds. The van der Waals surface area contributed by atoms with Gasteiger partial charge in [0.2, 0.25) is 0 Å². The standard InChI is InChI=1S/C7H7BClFO3.C7H6ClFO/c1-13-7-5(9)3-2-4(6(7)10)8(11)12;1-10-7-5(8)3-2-4-6(7)9/h2-3,11-12H,1H3;2-4H,1H3. The largest absolute Gasteiger partial charge is 0.492 e. The van der Waals surface area contributed by atoms with Crippen LogP contribution in [0.15, 0.2) is 30.3 Å². The number of methoxy groups -OCH3 is 2. The summed E-state index contributed by atoms with van der Waals surface area (Å²) in [6.07, 6.45) is 0. The van der Waals surface area contributed by atoms with Gasteiger partial charge in [-0.1, -0.05) is 35.3 Å². The Hall–Kier alpha value is -1.54. The molecular formula is C14H13BCl2F2O4. The van der Waals surface area contributed by atoms with Crippen LogP contribution in [0.2, 0.25) is 10.0 Å². The second-order valence-corrected chi connectivity index (χ2v) is 4.93. The van der Waals surface area contributed by atoms with E-state index in [4.69, 9.17) is 33.2 Å². The fourth-order valence-electron chi connectivity index (χ4n) is 1.61. The molecule has 4 nitrogen and oxygen atoms in total. The van der Waals surface area contributed by atoms with E-state index in [9.17, 15) is 8.78 Å². The summed E-state index contributed by atoms with van der Waals surface area (Å²) >= 11 is 11.1. The molecule has 0 fully saturated rings. The van der Waals surface area contributed by atoms with E-state index in [1.807, 2.05) is 0 Å². The van der Waals surface area contributed by atoms with Gasteiger partial charge in [-0.05, 0) is 18.2 Å². The number of benzene rings is 2. The quantitative estimate of drug-likeness (QED) is 0.822. The maximum absolute atomic E-state index is 13.3. The molecule has 0 saturated heterocycles. The number of hydrogen-bond acceptors (Lipinski definition) is 4. The third kappa shape index (κ3) is 4.97. The molecule has 23 heavy (non-hydrogen) atoms. The molecule has 9 heteroatoms. The van der Waals surface area contributed by atoms with Gasteiger partial charge in [0.1, 0.15) is 0 Å². The Kier molecular flexibility index (Phi) is 7.58. The highest BCUT2D eigenvalue weighted by Crippen LogP contribution is 2.26. The maximum atomic E-state index is 13.3. The van der Waals surface area contributed by atoms with E-state index in [2.05, 4.69) is 9.47 Å². The zero-order chi connectivity index (χ0) is 17.6. The maximum Gasteiger partial charge on any atom is 0.491 e. The lowest BCUT2D eigenvalue weighted by Gasteiger charge is -2.07. The van der Waals surface area contributed by atoms with Gasteiger partial charge in [-0.3, -0.25) is 0 Å². The van der Waals surface area contributed by atoms with Crippen molar-refractivity contribution in [3.05, 3.63) is 52.0 Å². The average Bonchev–Trinajstić information content (AvgIpc) is 2.48. The summed E-state index contributed by atoms with van der Waals surface area (Å²) in [7, 11) is 0.758. The molecule has 124 valence electrons. The first kappa shape index (κ1) is 19.5. The lowest BCUT2D eigenvalue weighted by atomic mass is 9.80. The summed E-state index contributed by atoms with van der Waals surface area (Å²) in [6.45, 7) is 0. The van der Waals surface area contributed by atoms with Crippen LogP contribution in [0, 0.1) is 11.6 Å². The summed E-state index contributed by atoms with van der Waals surface area (Å²) in [5.74, 6) is -1.38. The fourth-order valence-corrected chi connectivity index (χ4v) is 2.08. The van der Waals surface area contributed by atoms with E-state index in [0.29, 0.717) is 5.02 Å². The van der Waals surface area contributed by atoms with Crippen molar-refractivity contribution in [2.45, 2.75) is 0 Å². The molecule has 0 atom stereocenters. The Morgan fingerprint density at radius 3 is 1.91 bits per heavy atom. The van der Waals surface area contributed by atoms with Gasteiger partial charge in [0, 0.05) is 5.46 Å². The second-order valence-electron chi connectivity index (χ2n) is 4.11. The lowest BCUT2D eigenvalue weighted by molar-refractivity contribution is 0.384. The van der Waals surface area contributed by atoms with Crippen LogP contribution in [0.25, 0.3) is 0 Å². The van der Waals surface area contributed by atoms with Crippen molar-refractivity contribution in [2.24, 2.45) is 0 Å². The van der Waals surface area contributed by atoms with E-state index in [1.54, 1.807) is 6.07 Å². The zero-order valence-corrected chi connectivity index (χ0v) is 13.7. The molecule has 0 aliphatic rings. The monoisotopic (exact) mass is 364 g/mol. The van der Waals surface area contributed by atoms with Crippen LogP contribution >= 0.6 is 23.2 Å². The Labute approximate surface area is 142 Å². The second kappa shape index (κ2) is 8.93. The summed E-state index contributed by atoms with van der Waals surface area (Å²) in [5.41, 5.74) is -0.263. The molecule has 0 aliphatic heterocycles. The molecular weight excluding hydrogens is 352 g/mol. The highest BCUT2D eigenvalue weighted by molar-refractivity contribution is 6.58. The van der Waals surface area contributed by atoms with Gasteiger partial charge >= 0.3 is 7.12 Å². The van der Waals surface area contributed by atoms with E-state index in [0.717, 1.165) is 0 Å². The molecule has 0 aliphatic carbocycles. The number of halogens is 4. The van der Waals surface area contributed by atoms with Crippen molar-refractivity contribution in [2.75, 3.05) is 14.2 Å². The predicted octanol–water partition coefficient (Wildman–Crippen LogP) is 2.66. The third-order valence-corrected chi connectivity index (χ3v) is 3.28. The number of hydrogen-bond donors (Lipinski definition) is 2. The van der Waals surface area contributed by atoms with Gasteiger partial charge in [-0.25, -0.2) is 8.78 Å². The van der Waals surface area contributed by atoms with Crippen LogP contribution in [0.5, 0.6) is 11.5 Å². The smallest absolute Gasteiger partial charge is 0.491 e. The molecule has 0 aromatic heterocycles. The number of ether oxygens (including phenoxy) is 2. The molecule has 0 heterocycles. The minimum Gasteiger partial charge on any atom is -0.492 e. The number of rotatable bonds is 3. The molecule has 0 saturated carbocycles. The van der Waals surface area contributed by atoms with Crippen molar-refractivity contribution in [1.82, 2.24) is 0 Å². The summed E-state index contributed by atoms with van der Waals surface area (Å²) in [4.78, 5) is 0. The Bertz CT molecular complexity index is 651. The van der Waals surface area contributed by atoms with Crippen molar-refractivity contribution in [1.29, 1.82) is 0 Å². The van der Waals surface area contributed by atoms with E-state index < -0.39 is 18.8 Å². The van der Waals surface area contributed by atoms with Crippen LogP contribution in [0.1, 0.15) is 0 Å². The minimum absolute atomic E-state index is 0.0874. The molecule has 2 aromatic rings. The third-order valence-electron chi connectivity index (χ3n) is 2.68.